The molecule has 1 heterocycles. The molecule has 1 aliphatic heterocycles. The van der Waals surface area contributed by atoms with Crippen LogP contribution in [-0.4, -0.2) is 39.4 Å². The summed E-state index contributed by atoms with van der Waals surface area (Å²) in [6.45, 7) is 9.61. The third-order valence-electron chi connectivity index (χ3n) is 7.70. The van der Waals surface area contributed by atoms with Gasteiger partial charge in [0.1, 0.15) is 0 Å². The van der Waals surface area contributed by atoms with Gasteiger partial charge in [0, 0.05) is 23.3 Å². The molecule has 0 aromatic carbocycles. The molecule has 2 aliphatic carbocycles. The monoisotopic (exact) mass is 457 g/mol. The molecule has 3 aliphatic rings. The Morgan fingerprint density at radius 2 is 1.97 bits per heavy atom. The summed E-state index contributed by atoms with van der Waals surface area (Å²) in [7, 11) is 0. The molecule has 7 nitrogen and oxygen atoms in total. The molecule has 3 unspecified atom stereocenters. The van der Waals surface area contributed by atoms with Gasteiger partial charge in [-0.1, -0.05) is 58.3 Å². The van der Waals surface area contributed by atoms with Crippen LogP contribution in [0.4, 0.5) is 0 Å². The Labute approximate surface area is 195 Å². The molecule has 0 saturated heterocycles. The Kier molecular flexibility index (Phi) is 7.42. The van der Waals surface area contributed by atoms with Gasteiger partial charge in [0.15, 0.2) is 5.78 Å². The molecular formula is C26H35NO6. The van der Waals surface area contributed by atoms with Crippen LogP contribution >= 0.6 is 0 Å². The normalized spacial score (nSPS) is 34.6. The summed E-state index contributed by atoms with van der Waals surface area (Å²) in [5.41, 5.74) is -1.40. The van der Waals surface area contributed by atoms with Crippen LogP contribution in [-0.2, 0) is 19.2 Å². The standard InChI is InChI=1S/C26H35NO6/c1-5-7-8-9-16(6-2)19-20(24(30)27-23(19)29)22(28)18-14(3)10-11-26(33)13-17(25(31)32)12-15(4)21(18)26/h6,10-11,14-18,21,33H,2,5,7-9,12-13H2,1,3-4H3,(H,31,32)(H,27,29,30)/t14-,15?,16-,17-,18?,21?,26+/m0/s1. The minimum Gasteiger partial charge on any atom is -0.481 e. The van der Waals surface area contributed by atoms with Crippen molar-refractivity contribution in [1.29, 1.82) is 0 Å². The van der Waals surface area contributed by atoms with Crippen LogP contribution in [0.15, 0.2) is 36.0 Å². The maximum Gasteiger partial charge on any atom is 0.306 e. The molecule has 0 radical (unpaired) electrons. The number of carboxylic acids is 1. The molecule has 7 atom stereocenters. The number of carbonyl (C=O) groups excluding carboxylic acids is 3. The predicted octanol–water partition coefficient (Wildman–Crippen LogP) is 3.19. The zero-order chi connectivity index (χ0) is 24.5. The first-order valence-corrected chi connectivity index (χ1v) is 12.0. The van der Waals surface area contributed by atoms with E-state index in [1.165, 1.54) is 0 Å². The lowest BCUT2D eigenvalue weighted by molar-refractivity contribution is -0.155. The van der Waals surface area contributed by atoms with Gasteiger partial charge in [-0.2, -0.15) is 0 Å². The van der Waals surface area contributed by atoms with Gasteiger partial charge in [-0.05, 0) is 31.1 Å². The van der Waals surface area contributed by atoms with E-state index in [1.54, 1.807) is 18.2 Å². The molecule has 0 spiro atoms. The molecular weight excluding hydrogens is 422 g/mol. The minimum absolute atomic E-state index is 0.0215. The van der Waals surface area contributed by atoms with Gasteiger partial charge in [-0.3, -0.25) is 24.5 Å². The Hall–Kier alpha value is -2.54. The summed E-state index contributed by atoms with van der Waals surface area (Å²) >= 11 is 0. The lowest BCUT2D eigenvalue weighted by Crippen LogP contribution is -2.55. The first kappa shape index (κ1) is 25.1. The zero-order valence-electron chi connectivity index (χ0n) is 19.7. The summed E-state index contributed by atoms with van der Waals surface area (Å²) in [4.78, 5) is 51.1. The highest BCUT2D eigenvalue weighted by Crippen LogP contribution is 2.51. The predicted molar refractivity (Wildman–Crippen MR) is 123 cm³/mol. The number of carboxylic acid groups (broad SMARTS) is 1. The SMILES string of the molecule is C=C[C@@H](CCCCC)C1=C(C(=O)C2C3C(C)C[C@H](C(=O)O)C[C@]3(O)C=C[C@@H]2C)C(=O)NC1=O. The largest absolute Gasteiger partial charge is 0.481 e. The summed E-state index contributed by atoms with van der Waals surface area (Å²) < 4.78 is 0. The fraction of sp³-hybridized carbons (Fsp3) is 0.615. The van der Waals surface area contributed by atoms with E-state index < -0.39 is 52.8 Å². The Morgan fingerprint density at radius 3 is 2.58 bits per heavy atom. The van der Waals surface area contributed by atoms with Crippen LogP contribution in [0.25, 0.3) is 0 Å². The van der Waals surface area contributed by atoms with Gasteiger partial charge in [-0.25, -0.2) is 0 Å². The van der Waals surface area contributed by atoms with Crippen molar-refractivity contribution < 1.29 is 29.4 Å². The van der Waals surface area contributed by atoms with E-state index in [9.17, 15) is 29.4 Å². The lowest BCUT2D eigenvalue weighted by atomic mass is 9.55. The molecule has 2 amide bonds. The van der Waals surface area contributed by atoms with E-state index >= 15 is 0 Å². The van der Waals surface area contributed by atoms with Crippen LogP contribution < -0.4 is 5.32 Å². The smallest absolute Gasteiger partial charge is 0.306 e. The molecule has 3 N–H and O–H groups in total. The Morgan fingerprint density at radius 1 is 1.27 bits per heavy atom. The lowest BCUT2D eigenvalue weighted by Gasteiger charge is -2.51. The number of fused-ring (bicyclic) bond motifs is 1. The number of imide groups is 1. The third kappa shape index (κ3) is 4.60. The Balaban J connectivity index is 2.02. The van der Waals surface area contributed by atoms with E-state index in [0.29, 0.717) is 12.8 Å². The van der Waals surface area contributed by atoms with Crippen LogP contribution in [0, 0.1) is 35.5 Å². The molecule has 180 valence electrons. The molecule has 0 aromatic heterocycles. The molecule has 0 bridgehead atoms. The van der Waals surface area contributed by atoms with E-state index in [2.05, 4.69) is 18.8 Å². The van der Waals surface area contributed by atoms with Crippen LogP contribution in [0.1, 0.15) is 59.3 Å². The van der Waals surface area contributed by atoms with E-state index in [4.69, 9.17) is 0 Å². The number of amides is 2. The van der Waals surface area contributed by atoms with Crippen molar-refractivity contribution in [2.24, 2.45) is 35.5 Å². The number of carbonyl (C=O) groups is 4. The fourth-order valence-corrected chi connectivity index (χ4v) is 6.13. The molecule has 0 aromatic rings. The number of Topliss-reactive ketones (excluding diaryl/α,β-unsaturated/α-hetero) is 1. The summed E-state index contributed by atoms with van der Waals surface area (Å²) in [6.07, 6.45) is 8.79. The van der Waals surface area contributed by atoms with Gasteiger partial charge in [0.25, 0.3) is 11.8 Å². The maximum absolute atomic E-state index is 13.9. The number of ketones is 1. The van der Waals surface area contributed by atoms with Gasteiger partial charge < -0.3 is 10.2 Å². The molecule has 1 saturated carbocycles. The van der Waals surface area contributed by atoms with Gasteiger partial charge in [-0.15, -0.1) is 6.58 Å². The van der Waals surface area contributed by atoms with Crippen molar-refractivity contribution in [2.45, 2.75) is 64.9 Å². The van der Waals surface area contributed by atoms with Crippen molar-refractivity contribution in [3.8, 4) is 0 Å². The summed E-state index contributed by atoms with van der Waals surface area (Å²) in [5, 5.41) is 23.3. The number of hydrogen-bond acceptors (Lipinski definition) is 5. The first-order chi connectivity index (χ1) is 15.6. The number of aliphatic hydroxyl groups is 1. The van der Waals surface area contributed by atoms with Crippen molar-refractivity contribution in [3.63, 3.8) is 0 Å². The minimum atomic E-state index is -1.45. The van der Waals surface area contributed by atoms with Crippen molar-refractivity contribution in [2.75, 3.05) is 0 Å². The Bertz CT molecular complexity index is 918. The summed E-state index contributed by atoms with van der Waals surface area (Å²) in [6, 6.07) is 0. The van der Waals surface area contributed by atoms with Gasteiger partial charge >= 0.3 is 5.97 Å². The quantitative estimate of drug-likeness (QED) is 0.212. The number of hydrogen-bond donors (Lipinski definition) is 3. The first-order valence-electron chi connectivity index (χ1n) is 12.0. The van der Waals surface area contributed by atoms with E-state index in [-0.39, 0.29) is 29.4 Å². The van der Waals surface area contributed by atoms with Crippen molar-refractivity contribution in [1.82, 2.24) is 5.32 Å². The second-order valence-electron chi connectivity index (χ2n) is 9.99. The molecule has 3 rings (SSSR count). The highest BCUT2D eigenvalue weighted by molar-refractivity contribution is 6.33. The average Bonchev–Trinajstić information content (AvgIpc) is 3.05. The highest BCUT2D eigenvalue weighted by atomic mass is 16.4. The van der Waals surface area contributed by atoms with Crippen LogP contribution in [0.2, 0.25) is 0 Å². The number of aliphatic carboxylic acids is 1. The van der Waals surface area contributed by atoms with Crippen LogP contribution in [0.5, 0.6) is 0 Å². The van der Waals surface area contributed by atoms with Crippen molar-refractivity contribution in [3.05, 3.63) is 36.0 Å². The van der Waals surface area contributed by atoms with Gasteiger partial charge in [0.05, 0.1) is 17.1 Å². The second-order valence-corrected chi connectivity index (χ2v) is 9.99. The zero-order valence-corrected chi connectivity index (χ0v) is 19.7. The molecule has 33 heavy (non-hydrogen) atoms. The van der Waals surface area contributed by atoms with Crippen molar-refractivity contribution >= 4 is 23.6 Å². The van der Waals surface area contributed by atoms with Gasteiger partial charge in [0.2, 0.25) is 0 Å². The third-order valence-corrected chi connectivity index (χ3v) is 7.70. The number of rotatable bonds is 9. The topological polar surface area (TPSA) is 121 Å². The molecule has 7 heteroatoms. The highest BCUT2D eigenvalue weighted by Gasteiger charge is 2.55. The van der Waals surface area contributed by atoms with Crippen LogP contribution in [0.3, 0.4) is 0 Å². The number of unbranched alkanes of at least 4 members (excludes halogenated alkanes) is 2. The maximum atomic E-state index is 13.9. The van der Waals surface area contributed by atoms with E-state index in [0.717, 1.165) is 19.3 Å². The molecule has 1 fully saturated rings. The number of nitrogens with one attached hydrogen (secondary N) is 1. The average molecular weight is 458 g/mol. The number of allylic oxidation sites excluding steroid dienone is 2. The second kappa shape index (κ2) is 9.75. The summed E-state index contributed by atoms with van der Waals surface area (Å²) in [5.74, 6) is -5.57. The van der Waals surface area contributed by atoms with E-state index in [1.807, 2.05) is 13.8 Å². The fourth-order valence-electron chi connectivity index (χ4n) is 6.13.